The van der Waals surface area contributed by atoms with Gasteiger partial charge in [-0.15, -0.1) is 11.3 Å². The molecule has 3 aromatic carbocycles. The molecule has 1 aliphatic heterocycles. The summed E-state index contributed by atoms with van der Waals surface area (Å²) >= 11 is 1.71. The van der Waals surface area contributed by atoms with E-state index in [4.69, 9.17) is 10.00 Å². The van der Waals surface area contributed by atoms with Gasteiger partial charge in [0.25, 0.3) is 15.9 Å². The quantitative estimate of drug-likeness (QED) is 0.196. The van der Waals surface area contributed by atoms with Gasteiger partial charge in [-0.2, -0.15) is 5.26 Å². The van der Waals surface area contributed by atoms with E-state index in [1.165, 1.54) is 48.6 Å². The summed E-state index contributed by atoms with van der Waals surface area (Å²) in [6.45, 7) is 4.97. The fraction of sp³-hybridized carbons (Fsp3) is 0.324. The monoisotopic (exact) mass is 682 g/mol. The molecule has 6 rings (SSSR count). The Bertz CT molecular complexity index is 1910. The summed E-state index contributed by atoms with van der Waals surface area (Å²) in [4.78, 5) is 32.4. The largest absolute Gasteiger partial charge is 0.478 e. The van der Waals surface area contributed by atoms with Crippen molar-refractivity contribution in [3.63, 3.8) is 0 Å². The highest BCUT2D eigenvalue weighted by atomic mass is 32.2. The zero-order valence-electron chi connectivity index (χ0n) is 27.0. The summed E-state index contributed by atoms with van der Waals surface area (Å²) in [6.07, 6.45) is 3.77. The van der Waals surface area contributed by atoms with Crippen LogP contribution in [0.3, 0.4) is 0 Å². The average molecular weight is 683 g/mol. The molecular formula is C37H38N4O5S2. The number of hydrogen-bond acceptors (Lipinski definition) is 8. The van der Waals surface area contributed by atoms with Crippen LogP contribution >= 0.6 is 11.3 Å². The topological polar surface area (TPSA) is 120 Å². The molecule has 9 nitrogen and oxygen atoms in total. The first-order valence-electron chi connectivity index (χ1n) is 16.1. The van der Waals surface area contributed by atoms with E-state index in [2.05, 4.69) is 56.3 Å². The second kappa shape index (κ2) is 13.8. The molecule has 2 fully saturated rings. The molecular weight excluding hydrogens is 645 g/mol. The number of carbonyl (C=O) groups excluding carboxylic acids is 2. The van der Waals surface area contributed by atoms with Gasteiger partial charge in [-0.1, -0.05) is 36.4 Å². The minimum atomic E-state index is -4.17. The van der Waals surface area contributed by atoms with Crippen LogP contribution in [0.2, 0.25) is 0 Å². The van der Waals surface area contributed by atoms with Crippen molar-refractivity contribution in [1.82, 2.24) is 9.62 Å². The number of benzene rings is 3. The van der Waals surface area contributed by atoms with Crippen molar-refractivity contribution >= 4 is 38.9 Å². The summed E-state index contributed by atoms with van der Waals surface area (Å²) in [7, 11) is -4.17. The van der Waals surface area contributed by atoms with Crippen LogP contribution in [-0.2, 0) is 26.2 Å². The number of thiophene rings is 1. The van der Waals surface area contributed by atoms with Gasteiger partial charge in [-0.05, 0) is 98.5 Å². The zero-order valence-corrected chi connectivity index (χ0v) is 28.6. The Kier molecular flexibility index (Phi) is 9.58. The molecule has 2 heterocycles. The molecule has 1 unspecified atom stereocenters. The Hall–Kier alpha value is -4.66. The van der Waals surface area contributed by atoms with Crippen molar-refractivity contribution in [2.45, 2.75) is 62.6 Å². The summed E-state index contributed by atoms with van der Waals surface area (Å²) in [5.74, 6) is -0.369. The third kappa shape index (κ3) is 7.72. The van der Waals surface area contributed by atoms with Crippen molar-refractivity contribution < 1.29 is 22.7 Å². The second-order valence-electron chi connectivity index (χ2n) is 12.8. The second-order valence-corrected chi connectivity index (χ2v) is 15.5. The standard InChI is InChI=1S/C37H38N4O5S2/c1-37(2,36(43)39-48(44,45)33-18-12-26(23-38)13-19-33)46-32-8-3-7-31(22-32)40-20-4-6-29(25-40)35(42)41(30-16-17-30)24-27-10-14-28(15-11-27)34-9-5-21-47-34/h3,5,7-15,18-19,21-22,29-30H,4,6,16-17,20,24-25H2,1-2H3,(H,39,43). The highest BCUT2D eigenvalue weighted by Crippen LogP contribution is 2.34. The molecule has 11 heteroatoms. The SMILES string of the molecule is CC(C)(Oc1cccc(N2CCCC(C(=O)N(Cc3ccc(-c4cccs4)cc3)C3CC3)C2)c1)C(=O)NS(=O)(=O)c1ccc(C#N)cc1. The van der Waals surface area contributed by atoms with E-state index in [1.807, 2.05) is 24.3 Å². The van der Waals surface area contributed by atoms with Crippen molar-refractivity contribution in [3.8, 4) is 22.3 Å². The summed E-state index contributed by atoms with van der Waals surface area (Å²) in [6, 6.07) is 27.5. The van der Waals surface area contributed by atoms with Crippen LogP contribution in [0.1, 0.15) is 50.7 Å². The van der Waals surface area contributed by atoms with Crippen LogP contribution < -0.4 is 14.4 Å². The fourth-order valence-electron chi connectivity index (χ4n) is 5.93. The highest BCUT2D eigenvalue weighted by Gasteiger charge is 2.38. The fourth-order valence-corrected chi connectivity index (χ4v) is 7.77. The number of sulfonamides is 1. The molecule has 4 aromatic rings. The lowest BCUT2D eigenvalue weighted by Gasteiger charge is -2.36. The van der Waals surface area contributed by atoms with Gasteiger partial charge in [-0.25, -0.2) is 13.1 Å². The average Bonchev–Trinajstić information content (AvgIpc) is 3.79. The first-order chi connectivity index (χ1) is 23.0. The molecule has 0 radical (unpaired) electrons. The lowest BCUT2D eigenvalue weighted by atomic mass is 9.95. The molecule has 0 bridgehead atoms. The van der Waals surface area contributed by atoms with Crippen LogP contribution in [0.15, 0.2) is 95.2 Å². The smallest absolute Gasteiger partial charge is 0.277 e. The van der Waals surface area contributed by atoms with E-state index in [-0.39, 0.29) is 22.8 Å². The van der Waals surface area contributed by atoms with E-state index in [0.29, 0.717) is 24.4 Å². The van der Waals surface area contributed by atoms with Crippen LogP contribution in [0, 0.1) is 17.2 Å². The first kappa shape index (κ1) is 33.2. The van der Waals surface area contributed by atoms with Crippen molar-refractivity contribution in [3.05, 3.63) is 101 Å². The number of anilines is 1. The van der Waals surface area contributed by atoms with E-state index in [0.717, 1.165) is 43.5 Å². The number of ether oxygens (including phenoxy) is 1. The Balaban J connectivity index is 1.09. The maximum Gasteiger partial charge on any atom is 0.277 e. The summed E-state index contributed by atoms with van der Waals surface area (Å²) in [5.41, 5.74) is 1.97. The lowest BCUT2D eigenvalue weighted by molar-refractivity contribution is -0.137. The molecule has 1 saturated carbocycles. The van der Waals surface area contributed by atoms with Gasteiger partial charge >= 0.3 is 0 Å². The maximum atomic E-state index is 14.0. The van der Waals surface area contributed by atoms with E-state index in [9.17, 15) is 18.0 Å². The number of piperidine rings is 1. The number of rotatable bonds is 11. The molecule has 2 aliphatic rings. The summed E-state index contributed by atoms with van der Waals surface area (Å²) < 4.78 is 33.8. The van der Waals surface area contributed by atoms with E-state index < -0.39 is 21.5 Å². The highest BCUT2D eigenvalue weighted by molar-refractivity contribution is 7.90. The number of amides is 2. The van der Waals surface area contributed by atoms with Gasteiger partial charge in [0, 0.05) is 42.3 Å². The van der Waals surface area contributed by atoms with Crippen LogP contribution in [-0.4, -0.2) is 49.9 Å². The number of nitrogens with zero attached hydrogens (tertiary/aromatic N) is 3. The molecule has 1 N–H and O–H groups in total. The predicted molar refractivity (Wildman–Crippen MR) is 186 cm³/mol. The van der Waals surface area contributed by atoms with Gasteiger partial charge in [-0.3, -0.25) is 9.59 Å². The molecule has 0 spiro atoms. The van der Waals surface area contributed by atoms with Crippen LogP contribution in [0.25, 0.3) is 10.4 Å². The third-order valence-corrected chi connectivity index (χ3v) is 11.0. The maximum absolute atomic E-state index is 14.0. The predicted octanol–water partition coefficient (Wildman–Crippen LogP) is 6.36. The number of hydrogen-bond donors (Lipinski definition) is 1. The molecule has 2 amide bonds. The number of nitriles is 1. The van der Waals surface area contributed by atoms with Gasteiger partial charge in [0.15, 0.2) is 5.60 Å². The first-order valence-corrected chi connectivity index (χ1v) is 18.4. The molecule has 1 aromatic heterocycles. The van der Waals surface area contributed by atoms with E-state index >= 15 is 0 Å². The van der Waals surface area contributed by atoms with Crippen molar-refractivity contribution in [2.75, 3.05) is 18.0 Å². The van der Waals surface area contributed by atoms with Crippen molar-refractivity contribution in [2.24, 2.45) is 5.92 Å². The Morgan fingerprint density at radius 2 is 1.77 bits per heavy atom. The van der Waals surface area contributed by atoms with Gasteiger partial charge in [0.2, 0.25) is 5.91 Å². The Labute approximate surface area is 285 Å². The Morgan fingerprint density at radius 1 is 1.02 bits per heavy atom. The summed E-state index contributed by atoms with van der Waals surface area (Å²) in [5, 5.41) is 11.1. The van der Waals surface area contributed by atoms with Gasteiger partial charge < -0.3 is 14.5 Å². The minimum Gasteiger partial charge on any atom is -0.478 e. The van der Waals surface area contributed by atoms with Crippen LogP contribution in [0.5, 0.6) is 5.75 Å². The minimum absolute atomic E-state index is 0.130. The van der Waals surface area contributed by atoms with E-state index in [1.54, 1.807) is 17.4 Å². The third-order valence-electron chi connectivity index (χ3n) is 8.78. The van der Waals surface area contributed by atoms with Crippen LogP contribution in [0.4, 0.5) is 5.69 Å². The number of nitrogens with one attached hydrogen (secondary N) is 1. The molecule has 1 saturated heterocycles. The molecule has 1 atom stereocenters. The Morgan fingerprint density at radius 3 is 2.44 bits per heavy atom. The number of carbonyl (C=O) groups is 2. The normalized spacial score (nSPS) is 16.5. The molecule has 248 valence electrons. The molecule has 1 aliphatic carbocycles. The van der Waals surface area contributed by atoms with Crippen molar-refractivity contribution in [1.29, 1.82) is 5.26 Å². The van der Waals surface area contributed by atoms with Gasteiger partial charge in [0.1, 0.15) is 5.75 Å². The zero-order chi connectivity index (χ0) is 33.9. The molecule has 48 heavy (non-hydrogen) atoms. The lowest BCUT2D eigenvalue weighted by Crippen LogP contribution is -2.48. The van der Waals surface area contributed by atoms with Gasteiger partial charge in [0.05, 0.1) is 22.4 Å².